The summed E-state index contributed by atoms with van der Waals surface area (Å²) >= 11 is 0. The van der Waals surface area contributed by atoms with Crippen LogP contribution in [0.5, 0.6) is 5.75 Å². The summed E-state index contributed by atoms with van der Waals surface area (Å²) in [5, 5.41) is 13.2. The molecule has 1 saturated carbocycles. The SMILES string of the molecule is O=C(Cn1ccnc1)NC[C@H]1CC[C@@H](Oc2ccc(F)cc2)[C@@H]1O. The number of carbonyl (C=O) groups excluding carboxylic acids is 1. The predicted octanol–water partition coefficient (Wildman–Crippen LogP) is 1.36. The van der Waals surface area contributed by atoms with Crippen LogP contribution in [-0.4, -0.2) is 39.3 Å². The number of nitrogens with one attached hydrogen (secondary N) is 1. The highest BCUT2D eigenvalue weighted by atomic mass is 19.1. The summed E-state index contributed by atoms with van der Waals surface area (Å²) in [6, 6.07) is 5.74. The highest BCUT2D eigenvalue weighted by Gasteiger charge is 2.36. The minimum atomic E-state index is -0.663. The molecule has 3 atom stereocenters. The molecule has 0 bridgehead atoms. The van der Waals surface area contributed by atoms with Crippen molar-refractivity contribution in [1.82, 2.24) is 14.9 Å². The Bertz CT molecular complexity index is 660. The first-order valence-electron chi connectivity index (χ1n) is 7.94. The fraction of sp³-hybridized carbons (Fsp3) is 0.412. The number of halogens is 1. The largest absolute Gasteiger partial charge is 0.488 e. The van der Waals surface area contributed by atoms with Gasteiger partial charge in [-0.25, -0.2) is 9.37 Å². The molecular weight excluding hydrogens is 313 g/mol. The number of hydrogen-bond donors (Lipinski definition) is 2. The van der Waals surface area contributed by atoms with Crippen molar-refractivity contribution >= 4 is 5.91 Å². The summed E-state index contributed by atoms with van der Waals surface area (Å²) in [5.41, 5.74) is 0. The topological polar surface area (TPSA) is 76.4 Å². The highest BCUT2D eigenvalue weighted by Crippen LogP contribution is 2.29. The van der Waals surface area contributed by atoms with Gasteiger partial charge in [-0.05, 0) is 37.1 Å². The summed E-state index contributed by atoms with van der Waals surface area (Å²) in [6.45, 7) is 0.607. The van der Waals surface area contributed by atoms with Gasteiger partial charge in [0.1, 0.15) is 24.2 Å². The number of hydrogen-bond acceptors (Lipinski definition) is 4. The van der Waals surface area contributed by atoms with Crippen molar-refractivity contribution in [2.24, 2.45) is 5.92 Å². The van der Waals surface area contributed by atoms with Crippen LogP contribution in [0.4, 0.5) is 4.39 Å². The third-order valence-electron chi connectivity index (χ3n) is 4.23. The van der Waals surface area contributed by atoms with Crippen LogP contribution in [0.1, 0.15) is 12.8 Å². The minimum absolute atomic E-state index is 0.0535. The van der Waals surface area contributed by atoms with Crippen LogP contribution >= 0.6 is 0 Å². The monoisotopic (exact) mass is 333 g/mol. The Morgan fingerprint density at radius 3 is 2.88 bits per heavy atom. The number of rotatable bonds is 6. The lowest BCUT2D eigenvalue weighted by Crippen LogP contribution is -2.38. The zero-order chi connectivity index (χ0) is 16.9. The fourth-order valence-corrected chi connectivity index (χ4v) is 2.91. The molecule has 6 nitrogen and oxygen atoms in total. The predicted molar refractivity (Wildman–Crippen MR) is 84.8 cm³/mol. The van der Waals surface area contributed by atoms with Gasteiger partial charge >= 0.3 is 0 Å². The molecule has 128 valence electrons. The third kappa shape index (κ3) is 4.11. The number of amides is 1. The van der Waals surface area contributed by atoms with E-state index in [2.05, 4.69) is 10.3 Å². The van der Waals surface area contributed by atoms with Crippen molar-refractivity contribution in [2.75, 3.05) is 6.54 Å². The van der Waals surface area contributed by atoms with Gasteiger partial charge in [0.25, 0.3) is 0 Å². The second kappa shape index (κ2) is 7.44. The van der Waals surface area contributed by atoms with E-state index in [-0.39, 0.29) is 30.3 Å². The molecule has 2 aromatic rings. The molecule has 1 aliphatic carbocycles. The number of imidazole rings is 1. The standard InChI is InChI=1S/C17H20FN3O3/c18-13-2-4-14(5-3-13)24-15-6-1-12(17(15)23)9-20-16(22)10-21-8-7-19-11-21/h2-5,7-8,11-12,15,17,23H,1,6,9-10H2,(H,20,22)/t12-,15-,17-/m1/s1. The van der Waals surface area contributed by atoms with Crippen LogP contribution in [0.25, 0.3) is 0 Å². The summed E-state index contributed by atoms with van der Waals surface area (Å²) in [6.07, 6.45) is 5.37. The Morgan fingerprint density at radius 1 is 1.38 bits per heavy atom. The van der Waals surface area contributed by atoms with Crippen LogP contribution in [0, 0.1) is 11.7 Å². The Kier molecular flexibility index (Phi) is 5.10. The van der Waals surface area contributed by atoms with E-state index < -0.39 is 6.10 Å². The highest BCUT2D eigenvalue weighted by molar-refractivity contribution is 5.75. The molecule has 1 aromatic heterocycles. The van der Waals surface area contributed by atoms with Crippen molar-refractivity contribution in [3.63, 3.8) is 0 Å². The van der Waals surface area contributed by atoms with Gasteiger partial charge in [0, 0.05) is 24.9 Å². The third-order valence-corrected chi connectivity index (χ3v) is 4.23. The summed E-state index contributed by atoms with van der Waals surface area (Å²) in [5.74, 6) is 0.0309. The normalized spacial score (nSPS) is 23.2. The van der Waals surface area contributed by atoms with Gasteiger partial charge < -0.3 is 19.7 Å². The fourth-order valence-electron chi connectivity index (χ4n) is 2.91. The van der Waals surface area contributed by atoms with Gasteiger partial charge in [0.2, 0.25) is 5.91 Å². The molecule has 1 aromatic carbocycles. The lowest BCUT2D eigenvalue weighted by atomic mass is 10.1. The zero-order valence-corrected chi connectivity index (χ0v) is 13.1. The molecule has 2 N–H and O–H groups in total. The van der Waals surface area contributed by atoms with Gasteiger partial charge in [-0.15, -0.1) is 0 Å². The van der Waals surface area contributed by atoms with Crippen LogP contribution in [0.3, 0.4) is 0 Å². The molecule has 0 saturated heterocycles. The molecule has 1 heterocycles. The summed E-state index contributed by atoms with van der Waals surface area (Å²) in [4.78, 5) is 15.8. The molecule has 0 radical (unpaired) electrons. The Morgan fingerprint density at radius 2 is 2.17 bits per heavy atom. The Hall–Kier alpha value is -2.41. The van der Waals surface area contributed by atoms with E-state index >= 15 is 0 Å². The van der Waals surface area contributed by atoms with Crippen molar-refractivity contribution < 1.29 is 19.0 Å². The molecule has 0 aliphatic heterocycles. The van der Waals surface area contributed by atoms with Crippen LogP contribution < -0.4 is 10.1 Å². The first-order valence-corrected chi connectivity index (χ1v) is 7.94. The maximum atomic E-state index is 12.9. The lowest BCUT2D eigenvalue weighted by molar-refractivity contribution is -0.122. The zero-order valence-electron chi connectivity index (χ0n) is 13.1. The summed E-state index contributed by atoms with van der Waals surface area (Å²) < 4.78 is 20.3. The van der Waals surface area contributed by atoms with E-state index in [1.807, 2.05) is 0 Å². The van der Waals surface area contributed by atoms with E-state index in [1.165, 1.54) is 12.1 Å². The average molecular weight is 333 g/mol. The van der Waals surface area contributed by atoms with Gasteiger partial charge in [0.15, 0.2) is 0 Å². The lowest BCUT2D eigenvalue weighted by Gasteiger charge is -2.21. The quantitative estimate of drug-likeness (QED) is 0.837. The molecule has 24 heavy (non-hydrogen) atoms. The van der Waals surface area contributed by atoms with Crippen molar-refractivity contribution in [1.29, 1.82) is 0 Å². The van der Waals surface area contributed by atoms with E-state index in [4.69, 9.17) is 4.74 Å². The molecule has 0 spiro atoms. The number of carbonyl (C=O) groups is 1. The Labute approximate surface area is 139 Å². The number of nitrogens with zero attached hydrogens (tertiary/aromatic N) is 2. The van der Waals surface area contributed by atoms with Gasteiger partial charge in [-0.1, -0.05) is 0 Å². The van der Waals surface area contributed by atoms with Crippen molar-refractivity contribution in [3.05, 3.63) is 48.8 Å². The van der Waals surface area contributed by atoms with E-state index in [0.717, 1.165) is 6.42 Å². The molecule has 7 heteroatoms. The smallest absolute Gasteiger partial charge is 0.239 e. The number of aliphatic hydroxyl groups is 1. The van der Waals surface area contributed by atoms with Gasteiger partial charge in [-0.3, -0.25) is 4.79 Å². The maximum Gasteiger partial charge on any atom is 0.239 e. The van der Waals surface area contributed by atoms with E-state index in [9.17, 15) is 14.3 Å². The van der Waals surface area contributed by atoms with Crippen LogP contribution in [-0.2, 0) is 11.3 Å². The van der Waals surface area contributed by atoms with Crippen LogP contribution in [0.15, 0.2) is 43.0 Å². The minimum Gasteiger partial charge on any atom is -0.488 e. The second-order valence-electron chi connectivity index (χ2n) is 5.98. The molecule has 3 rings (SSSR count). The molecule has 0 unspecified atom stereocenters. The number of benzene rings is 1. The van der Waals surface area contributed by atoms with Crippen LogP contribution in [0.2, 0.25) is 0 Å². The van der Waals surface area contributed by atoms with E-state index in [0.29, 0.717) is 18.7 Å². The number of aromatic nitrogens is 2. The first-order chi connectivity index (χ1) is 11.6. The van der Waals surface area contributed by atoms with Gasteiger partial charge in [0.05, 0.1) is 12.4 Å². The number of aliphatic hydroxyl groups excluding tert-OH is 1. The molecule has 1 amide bonds. The van der Waals surface area contributed by atoms with Crippen molar-refractivity contribution in [2.45, 2.75) is 31.6 Å². The van der Waals surface area contributed by atoms with Gasteiger partial charge in [-0.2, -0.15) is 0 Å². The summed E-state index contributed by atoms with van der Waals surface area (Å²) in [7, 11) is 0. The van der Waals surface area contributed by atoms with Crippen molar-refractivity contribution in [3.8, 4) is 5.75 Å². The van der Waals surface area contributed by atoms with E-state index in [1.54, 1.807) is 35.4 Å². The average Bonchev–Trinajstić information content (AvgIpc) is 3.19. The molecular formula is C17H20FN3O3. The molecule has 1 fully saturated rings. The maximum absolute atomic E-state index is 12.9. The number of ether oxygens (including phenoxy) is 1. The molecule has 1 aliphatic rings. The Balaban J connectivity index is 1.46. The first kappa shape index (κ1) is 16.4. The second-order valence-corrected chi connectivity index (χ2v) is 5.98.